The van der Waals surface area contributed by atoms with Crippen LogP contribution in [0.5, 0.6) is 0 Å². The number of halogens is 1. The van der Waals surface area contributed by atoms with Crippen LogP contribution in [0.1, 0.15) is 16.7 Å². The number of rotatable bonds is 3. The van der Waals surface area contributed by atoms with Crippen molar-refractivity contribution in [1.29, 1.82) is 0 Å². The van der Waals surface area contributed by atoms with Crippen LogP contribution in [0, 0.1) is 20.8 Å². The maximum Gasteiger partial charge on any atom is 0.328 e. The van der Waals surface area contributed by atoms with Crippen LogP contribution >= 0.6 is 11.6 Å². The molecule has 6 nitrogen and oxygen atoms in total. The van der Waals surface area contributed by atoms with Gasteiger partial charge in [-0.2, -0.15) is 0 Å². The van der Waals surface area contributed by atoms with Crippen molar-refractivity contribution in [1.82, 2.24) is 9.13 Å². The summed E-state index contributed by atoms with van der Waals surface area (Å²) in [5.74, 6) is 0. The highest BCUT2D eigenvalue weighted by molar-refractivity contribution is 7.92. The van der Waals surface area contributed by atoms with Crippen LogP contribution in [0.25, 0.3) is 11.0 Å². The number of hydrogen-bond acceptors (Lipinski definition) is 3. The van der Waals surface area contributed by atoms with E-state index >= 15 is 0 Å². The molecule has 0 saturated heterocycles. The minimum atomic E-state index is -3.82. The van der Waals surface area contributed by atoms with Gasteiger partial charge < -0.3 is 0 Å². The van der Waals surface area contributed by atoms with Gasteiger partial charge in [-0.1, -0.05) is 17.7 Å². The second kappa shape index (κ2) is 6.17. The van der Waals surface area contributed by atoms with Crippen LogP contribution in [0.15, 0.2) is 34.0 Å². The van der Waals surface area contributed by atoms with Gasteiger partial charge in [0, 0.05) is 14.1 Å². The summed E-state index contributed by atoms with van der Waals surface area (Å²) in [4.78, 5) is 12.3. The molecular weight excluding hydrogens is 374 g/mol. The fraction of sp³-hybridized carbons (Fsp3) is 0.278. The average Bonchev–Trinajstić information content (AvgIpc) is 2.75. The fourth-order valence-corrected chi connectivity index (χ4v) is 4.81. The van der Waals surface area contributed by atoms with Crippen LogP contribution < -0.4 is 10.4 Å². The average molecular weight is 394 g/mol. The lowest BCUT2D eigenvalue weighted by molar-refractivity contribution is 0.600. The summed E-state index contributed by atoms with van der Waals surface area (Å²) >= 11 is 6.28. The Kier molecular flexibility index (Phi) is 4.40. The quantitative estimate of drug-likeness (QED) is 0.742. The molecule has 0 unspecified atom stereocenters. The van der Waals surface area contributed by atoms with Crippen molar-refractivity contribution in [2.24, 2.45) is 14.1 Å². The van der Waals surface area contributed by atoms with E-state index in [0.29, 0.717) is 16.6 Å². The van der Waals surface area contributed by atoms with Gasteiger partial charge in [0.2, 0.25) is 0 Å². The lowest BCUT2D eigenvalue weighted by Gasteiger charge is -2.14. The molecule has 0 bridgehead atoms. The third-order valence-electron chi connectivity index (χ3n) is 4.66. The van der Waals surface area contributed by atoms with Gasteiger partial charge in [-0.3, -0.25) is 13.9 Å². The summed E-state index contributed by atoms with van der Waals surface area (Å²) in [6, 6.07) is 6.74. The Labute approximate surface area is 157 Å². The molecule has 0 spiro atoms. The zero-order chi connectivity index (χ0) is 19.4. The highest BCUT2D eigenvalue weighted by Gasteiger charge is 2.21. The molecule has 2 aromatic carbocycles. The van der Waals surface area contributed by atoms with Crippen molar-refractivity contribution in [3.63, 3.8) is 0 Å². The summed E-state index contributed by atoms with van der Waals surface area (Å²) in [5.41, 5.74) is 3.70. The monoisotopic (exact) mass is 393 g/mol. The highest BCUT2D eigenvalue weighted by atomic mass is 35.5. The minimum absolute atomic E-state index is 0.207. The Morgan fingerprint density at radius 3 is 2.15 bits per heavy atom. The minimum Gasteiger partial charge on any atom is -0.295 e. The van der Waals surface area contributed by atoms with Crippen molar-refractivity contribution in [2.75, 3.05) is 4.72 Å². The lowest BCUT2D eigenvalue weighted by atomic mass is 10.1. The first-order valence-electron chi connectivity index (χ1n) is 7.98. The number of hydrogen-bond donors (Lipinski definition) is 1. The predicted molar refractivity (Wildman–Crippen MR) is 105 cm³/mol. The number of aromatic nitrogens is 2. The molecule has 1 heterocycles. The maximum atomic E-state index is 12.9. The van der Waals surface area contributed by atoms with Crippen LogP contribution in [0.2, 0.25) is 5.02 Å². The van der Waals surface area contributed by atoms with E-state index in [4.69, 9.17) is 11.6 Å². The summed E-state index contributed by atoms with van der Waals surface area (Å²) in [6.07, 6.45) is 0. The number of nitrogens with zero attached hydrogens (tertiary/aromatic N) is 2. The van der Waals surface area contributed by atoms with Gasteiger partial charge in [0.1, 0.15) is 0 Å². The zero-order valence-corrected chi connectivity index (χ0v) is 16.8. The number of aryl methyl sites for hydroxylation is 4. The summed E-state index contributed by atoms with van der Waals surface area (Å²) in [5, 5.41) is 0.226. The van der Waals surface area contributed by atoms with E-state index in [1.807, 2.05) is 19.9 Å². The summed E-state index contributed by atoms with van der Waals surface area (Å²) in [6.45, 7) is 5.50. The second-order valence-corrected chi connectivity index (χ2v) is 8.59. The molecule has 0 aliphatic carbocycles. The van der Waals surface area contributed by atoms with Crippen LogP contribution in [-0.4, -0.2) is 17.6 Å². The molecule has 26 heavy (non-hydrogen) atoms. The molecule has 3 rings (SSSR count). The molecule has 3 aromatic rings. The Hall–Kier alpha value is -2.25. The van der Waals surface area contributed by atoms with Crippen LogP contribution in [0.3, 0.4) is 0 Å². The van der Waals surface area contributed by atoms with E-state index in [1.165, 1.54) is 9.13 Å². The van der Waals surface area contributed by atoms with Gasteiger partial charge in [0.05, 0.1) is 26.6 Å². The molecule has 8 heteroatoms. The first-order valence-corrected chi connectivity index (χ1v) is 9.84. The van der Waals surface area contributed by atoms with Crippen LogP contribution in [0.4, 0.5) is 5.69 Å². The van der Waals surface area contributed by atoms with Crippen molar-refractivity contribution in [3.8, 4) is 0 Å². The van der Waals surface area contributed by atoms with Gasteiger partial charge in [0.25, 0.3) is 10.0 Å². The number of sulfonamides is 1. The number of benzene rings is 2. The Morgan fingerprint density at radius 2 is 1.54 bits per heavy atom. The number of fused-ring (bicyclic) bond motifs is 1. The predicted octanol–water partition coefficient (Wildman–Crippen LogP) is 3.26. The number of imidazole rings is 1. The van der Waals surface area contributed by atoms with Gasteiger partial charge >= 0.3 is 5.69 Å². The summed E-state index contributed by atoms with van der Waals surface area (Å²) < 4.78 is 31.3. The van der Waals surface area contributed by atoms with E-state index in [2.05, 4.69) is 4.72 Å². The van der Waals surface area contributed by atoms with E-state index in [0.717, 1.165) is 11.1 Å². The molecule has 1 aromatic heterocycles. The van der Waals surface area contributed by atoms with Gasteiger partial charge in [-0.05, 0) is 55.7 Å². The van der Waals surface area contributed by atoms with Gasteiger partial charge in [-0.15, -0.1) is 0 Å². The normalized spacial score (nSPS) is 11.9. The van der Waals surface area contributed by atoms with E-state index in [9.17, 15) is 13.2 Å². The Bertz CT molecular complexity index is 1210. The van der Waals surface area contributed by atoms with E-state index < -0.39 is 10.0 Å². The molecule has 0 saturated carbocycles. The molecule has 138 valence electrons. The van der Waals surface area contributed by atoms with Gasteiger partial charge in [0.15, 0.2) is 0 Å². The SMILES string of the molecule is Cc1cc(C)c(C)c(S(=O)(=O)Nc2cc3c(cc2Cl)n(C)c(=O)n3C)c1. The second-order valence-electron chi connectivity index (χ2n) is 6.53. The van der Waals surface area contributed by atoms with Crippen LogP contribution in [-0.2, 0) is 24.1 Å². The van der Waals surface area contributed by atoms with Crippen molar-refractivity contribution in [2.45, 2.75) is 25.7 Å². The molecule has 0 fully saturated rings. The van der Waals surface area contributed by atoms with Gasteiger partial charge in [-0.25, -0.2) is 13.2 Å². The van der Waals surface area contributed by atoms with E-state index in [1.54, 1.807) is 39.2 Å². The largest absolute Gasteiger partial charge is 0.328 e. The van der Waals surface area contributed by atoms with Crippen molar-refractivity contribution in [3.05, 3.63) is 56.5 Å². The Balaban J connectivity index is 2.15. The number of anilines is 1. The Morgan fingerprint density at radius 1 is 0.962 bits per heavy atom. The van der Waals surface area contributed by atoms with Crippen molar-refractivity contribution < 1.29 is 8.42 Å². The van der Waals surface area contributed by atoms with Crippen molar-refractivity contribution >= 4 is 38.3 Å². The summed E-state index contributed by atoms with van der Waals surface area (Å²) in [7, 11) is -0.552. The molecule has 1 N–H and O–H groups in total. The molecule has 0 amide bonds. The topological polar surface area (TPSA) is 73.1 Å². The molecule has 0 radical (unpaired) electrons. The lowest BCUT2D eigenvalue weighted by Crippen LogP contribution is -2.19. The first kappa shape index (κ1) is 18.5. The molecule has 0 aliphatic rings. The maximum absolute atomic E-state index is 12.9. The number of nitrogens with one attached hydrogen (secondary N) is 1. The van der Waals surface area contributed by atoms with E-state index in [-0.39, 0.29) is 21.3 Å². The first-order chi connectivity index (χ1) is 12.0. The molecule has 0 aliphatic heterocycles. The molecular formula is C18H20ClN3O3S. The zero-order valence-electron chi connectivity index (χ0n) is 15.2. The highest BCUT2D eigenvalue weighted by Crippen LogP contribution is 2.30. The third-order valence-corrected chi connectivity index (χ3v) is 6.46. The standard InChI is InChI=1S/C18H20ClN3O3S/c1-10-6-11(2)12(3)17(7-10)26(24,25)20-14-9-16-15(8-13(14)19)21(4)18(23)22(16)5/h6-9,20H,1-5H3. The third kappa shape index (κ3) is 2.91. The molecule has 0 atom stereocenters. The fourth-order valence-electron chi connectivity index (χ4n) is 3.08. The smallest absolute Gasteiger partial charge is 0.295 e.